The maximum atomic E-state index is 10.9. The zero-order valence-corrected chi connectivity index (χ0v) is 7.65. The average Bonchev–Trinajstić information content (AvgIpc) is 2.74. The standard InChI is InChI=1S/C10H15NO2/c12-10(13)9-6-3-7-11(9)8-4-1-2-5-8/h1,4,8-9H,2-3,5-7H2,(H,12,13). The minimum Gasteiger partial charge on any atom is -0.480 e. The lowest BCUT2D eigenvalue weighted by atomic mass is 10.2. The van der Waals surface area contributed by atoms with Crippen LogP contribution < -0.4 is 0 Å². The van der Waals surface area contributed by atoms with Gasteiger partial charge in [-0.25, -0.2) is 0 Å². The summed E-state index contributed by atoms with van der Waals surface area (Å²) in [5, 5.41) is 8.98. The Labute approximate surface area is 78.0 Å². The van der Waals surface area contributed by atoms with E-state index in [9.17, 15) is 4.79 Å². The van der Waals surface area contributed by atoms with Crippen LogP contribution in [0.5, 0.6) is 0 Å². The minimum atomic E-state index is -0.655. The molecular weight excluding hydrogens is 166 g/mol. The minimum absolute atomic E-state index is 0.229. The summed E-state index contributed by atoms with van der Waals surface area (Å²) in [4.78, 5) is 13.0. The molecule has 2 unspecified atom stereocenters. The molecular formula is C10H15NO2. The van der Waals surface area contributed by atoms with Gasteiger partial charge in [0.2, 0.25) is 0 Å². The lowest BCUT2D eigenvalue weighted by molar-refractivity contribution is -0.142. The highest BCUT2D eigenvalue weighted by atomic mass is 16.4. The summed E-state index contributed by atoms with van der Waals surface area (Å²) in [5.41, 5.74) is 0. The van der Waals surface area contributed by atoms with Crippen molar-refractivity contribution in [3.8, 4) is 0 Å². The summed E-state index contributed by atoms with van der Waals surface area (Å²) in [6.07, 6.45) is 8.36. The van der Waals surface area contributed by atoms with Gasteiger partial charge in [0.25, 0.3) is 0 Å². The maximum Gasteiger partial charge on any atom is 0.320 e. The summed E-state index contributed by atoms with van der Waals surface area (Å²) in [6.45, 7) is 0.950. The monoisotopic (exact) mass is 181 g/mol. The van der Waals surface area contributed by atoms with E-state index in [-0.39, 0.29) is 6.04 Å². The number of carboxylic acid groups (broad SMARTS) is 1. The van der Waals surface area contributed by atoms with Gasteiger partial charge >= 0.3 is 5.97 Å². The van der Waals surface area contributed by atoms with Gasteiger partial charge in [0.1, 0.15) is 6.04 Å². The van der Waals surface area contributed by atoms with Crippen LogP contribution in [-0.2, 0) is 4.79 Å². The Hall–Kier alpha value is -0.830. The summed E-state index contributed by atoms with van der Waals surface area (Å²) in [7, 11) is 0. The Bertz CT molecular complexity index is 237. The zero-order valence-electron chi connectivity index (χ0n) is 7.65. The van der Waals surface area contributed by atoms with E-state index in [0.29, 0.717) is 6.04 Å². The van der Waals surface area contributed by atoms with Gasteiger partial charge in [-0.05, 0) is 32.2 Å². The van der Waals surface area contributed by atoms with Crippen LogP contribution in [0.3, 0.4) is 0 Å². The molecule has 3 heteroatoms. The van der Waals surface area contributed by atoms with Crippen molar-refractivity contribution < 1.29 is 9.90 Å². The van der Waals surface area contributed by atoms with Crippen LogP contribution in [0.2, 0.25) is 0 Å². The molecule has 0 aromatic heterocycles. The highest BCUT2D eigenvalue weighted by molar-refractivity contribution is 5.73. The fourth-order valence-electron chi connectivity index (χ4n) is 2.34. The Balaban J connectivity index is 2.04. The Morgan fingerprint density at radius 1 is 1.46 bits per heavy atom. The van der Waals surface area contributed by atoms with Crippen LogP contribution in [-0.4, -0.2) is 34.6 Å². The number of likely N-dealkylation sites (tertiary alicyclic amines) is 1. The molecule has 1 heterocycles. The fraction of sp³-hybridized carbons (Fsp3) is 0.700. The first kappa shape index (κ1) is 8.75. The van der Waals surface area contributed by atoms with Crippen molar-refractivity contribution in [1.29, 1.82) is 0 Å². The number of carbonyl (C=O) groups is 1. The highest BCUT2D eigenvalue weighted by Gasteiger charge is 2.34. The normalized spacial score (nSPS) is 34.2. The lowest BCUT2D eigenvalue weighted by Crippen LogP contribution is -2.41. The predicted octanol–water partition coefficient (Wildman–Crippen LogP) is 1.25. The molecule has 2 atom stereocenters. The quantitative estimate of drug-likeness (QED) is 0.652. The fourth-order valence-corrected chi connectivity index (χ4v) is 2.34. The molecule has 0 spiro atoms. The van der Waals surface area contributed by atoms with E-state index in [0.717, 1.165) is 32.2 Å². The molecule has 1 saturated heterocycles. The maximum absolute atomic E-state index is 10.9. The van der Waals surface area contributed by atoms with E-state index in [1.54, 1.807) is 0 Å². The molecule has 0 amide bonds. The predicted molar refractivity (Wildman–Crippen MR) is 49.5 cm³/mol. The van der Waals surface area contributed by atoms with E-state index < -0.39 is 5.97 Å². The van der Waals surface area contributed by atoms with Gasteiger partial charge in [-0.1, -0.05) is 12.2 Å². The van der Waals surface area contributed by atoms with Gasteiger partial charge in [-0.3, -0.25) is 9.69 Å². The number of carboxylic acids is 1. The number of hydrogen-bond donors (Lipinski definition) is 1. The molecule has 1 aliphatic heterocycles. The number of hydrogen-bond acceptors (Lipinski definition) is 2. The molecule has 0 saturated carbocycles. The van der Waals surface area contributed by atoms with Gasteiger partial charge in [-0.15, -0.1) is 0 Å². The third-order valence-electron chi connectivity index (χ3n) is 2.99. The van der Waals surface area contributed by atoms with Crippen molar-refractivity contribution in [1.82, 2.24) is 4.90 Å². The Morgan fingerprint density at radius 2 is 2.31 bits per heavy atom. The third kappa shape index (κ3) is 1.61. The molecule has 0 aromatic carbocycles. The Morgan fingerprint density at radius 3 is 2.92 bits per heavy atom. The van der Waals surface area contributed by atoms with Crippen LogP contribution in [0.1, 0.15) is 25.7 Å². The molecule has 0 aromatic rings. The van der Waals surface area contributed by atoms with Crippen molar-refractivity contribution in [3.63, 3.8) is 0 Å². The number of rotatable bonds is 2. The van der Waals surface area contributed by atoms with E-state index in [4.69, 9.17) is 5.11 Å². The molecule has 0 bridgehead atoms. The smallest absolute Gasteiger partial charge is 0.320 e. The van der Waals surface area contributed by atoms with Crippen LogP contribution in [0, 0.1) is 0 Å². The molecule has 1 fully saturated rings. The van der Waals surface area contributed by atoms with Crippen LogP contribution in [0.15, 0.2) is 12.2 Å². The van der Waals surface area contributed by atoms with Crippen LogP contribution >= 0.6 is 0 Å². The molecule has 3 nitrogen and oxygen atoms in total. The van der Waals surface area contributed by atoms with Crippen molar-refractivity contribution in [3.05, 3.63) is 12.2 Å². The molecule has 72 valence electrons. The number of allylic oxidation sites excluding steroid dienone is 1. The average molecular weight is 181 g/mol. The van der Waals surface area contributed by atoms with Gasteiger partial charge in [0, 0.05) is 6.04 Å². The summed E-state index contributed by atoms with van der Waals surface area (Å²) < 4.78 is 0. The third-order valence-corrected chi connectivity index (χ3v) is 2.99. The van der Waals surface area contributed by atoms with E-state index in [1.807, 2.05) is 0 Å². The summed E-state index contributed by atoms with van der Waals surface area (Å²) in [5.74, 6) is -0.655. The van der Waals surface area contributed by atoms with Gasteiger partial charge in [-0.2, -0.15) is 0 Å². The first-order chi connectivity index (χ1) is 6.29. The SMILES string of the molecule is O=C(O)C1CCCN1C1C=CCC1. The van der Waals surface area contributed by atoms with Crippen molar-refractivity contribution >= 4 is 5.97 Å². The lowest BCUT2D eigenvalue weighted by Gasteiger charge is -2.26. The largest absolute Gasteiger partial charge is 0.480 e. The second-order valence-corrected chi connectivity index (χ2v) is 3.81. The topological polar surface area (TPSA) is 40.5 Å². The molecule has 2 rings (SSSR count). The molecule has 0 radical (unpaired) electrons. The number of aliphatic carboxylic acids is 1. The first-order valence-electron chi connectivity index (χ1n) is 4.94. The Kier molecular flexibility index (Phi) is 2.36. The molecule has 13 heavy (non-hydrogen) atoms. The first-order valence-corrected chi connectivity index (χ1v) is 4.94. The van der Waals surface area contributed by atoms with E-state index in [2.05, 4.69) is 17.1 Å². The van der Waals surface area contributed by atoms with Gasteiger partial charge in [0.15, 0.2) is 0 Å². The van der Waals surface area contributed by atoms with Crippen molar-refractivity contribution in [2.24, 2.45) is 0 Å². The number of nitrogens with zero attached hydrogens (tertiary/aromatic N) is 1. The van der Waals surface area contributed by atoms with Gasteiger partial charge in [0.05, 0.1) is 0 Å². The second kappa shape index (κ2) is 3.50. The van der Waals surface area contributed by atoms with Crippen molar-refractivity contribution in [2.45, 2.75) is 37.8 Å². The highest BCUT2D eigenvalue weighted by Crippen LogP contribution is 2.25. The molecule has 1 N–H and O–H groups in total. The second-order valence-electron chi connectivity index (χ2n) is 3.81. The van der Waals surface area contributed by atoms with E-state index >= 15 is 0 Å². The zero-order chi connectivity index (χ0) is 9.26. The summed E-state index contributed by atoms with van der Waals surface area (Å²) >= 11 is 0. The molecule has 1 aliphatic carbocycles. The van der Waals surface area contributed by atoms with Gasteiger partial charge < -0.3 is 5.11 Å². The van der Waals surface area contributed by atoms with Crippen LogP contribution in [0.25, 0.3) is 0 Å². The molecule has 2 aliphatic rings. The van der Waals surface area contributed by atoms with Crippen molar-refractivity contribution in [2.75, 3.05) is 6.54 Å². The van der Waals surface area contributed by atoms with Crippen LogP contribution in [0.4, 0.5) is 0 Å². The van der Waals surface area contributed by atoms with E-state index in [1.165, 1.54) is 0 Å². The summed E-state index contributed by atoms with van der Waals surface area (Å²) in [6, 6.07) is 0.163.